The lowest BCUT2D eigenvalue weighted by atomic mass is 9.79. The molecule has 2 aromatic carbocycles. The molecule has 0 saturated carbocycles. The molecule has 1 fully saturated rings. The van der Waals surface area contributed by atoms with Crippen molar-refractivity contribution in [1.29, 1.82) is 0 Å². The monoisotopic (exact) mass is 482 g/mol. The van der Waals surface area contributed by atoms with Crippen LogP contribution in [-0.4, -0.2) is 53.3 Å². The molecule has 2 heterocycles. The minimum atomic E-state index is -1.16. The summed E-state index contributed by atoms with van der Waals surface area (Å²) < 4.78 is 0. The molecular formula is C27H31ClN2O4. The van der Waals surface area contributed by atoms with E-state index in [9.17, 15) is 19.5 Å². The summed E-state index contributed by atoms with van der Waals surface area (Å²) in [6.45, 7) is 8.18. The first-order chi connectivity index (χ1) is 16.0. The van der Waals surface area contributed by atoms with E-state index in [4.69, 9.17) is 11.6 Å². The Kier molecular flexibility index (Phi) is 6.58. The number of rotatable bonds is 3. The van der Waals surface area contributed by atoms with E-state index in [0.717, 1.165) is 11.1 Å². The molecule has 0 bridgehead atoms. The molecule has 0 radical (unpaired) electrons. The summed E-state index contributed by atoms with van der Waals surface area (Å²) in [5.41, 5.74) is 2.35. The van der Waals surface area contributed by atoms with Gasteiger partial charge < -0.3 is 14.9 Å². The lowest BCUT2D eigenvalue weighted by Gasteiger charge is -2.39. The Morgan fingerprint density at radius 1 is 1.09 bits per heavy atom. The van der Waals surface area contributed by atoms with E-state index >= 15 is 0 Å². The van der Waals surface area contributed by atoms with Gasteiger partial charge in [-0.25, -0.2) is 0 Å². The number of fused-ring (bicyclic) bond motifs is 2. The maximum atomic E-state index is 13.7. The average molecular weight is 483 g/mol. The summed E-state index contributed by atoms with van der Waals surface area (Å²) >= 11 is 6.03. The lowest BCUT2D eigenvalue weighted by molar-refractivity contribution is -0.149. The van der Waals surface area contributed by atoms with Crippen LogP contribution in [-0.2, 0) is 9.59 Å². The van der Waals surface area contributed by atoms with Gasteiger partial charge in [0.15, 0.2) is 5.78 Å². The Bertz CT molecular complexity index is 1120. The molecule has 0 aromatic heterocycles. The summed E-state index contributed by atoms with van der Waals surface area (Å²) in [6, 6.07) is 13.0. The summed E-state index contributed by atoms with van der Waals surface area (Å²) in [4.78, 5) is 43.5. The van der Waals surface area contributed by atoms with Crippen molar-refractivity contribution in [1.82, 2.24) is 4.90 Å². The van der Waals surface area contributed by atoms with E-state index in [0.29, 0.717) is 35.8 Å². The van der Waals surface area contributed by atoms with Crippen LogP contribution >= 0.6 is 11.6 Å². The number of piperidine rings is 1. The van der Waals surface area contributed by atoms with Crippen molar-refractivity contribution in [2.24, 2.45) is 17.3 Å². The first kappa shape index (κ1) is 24.4. The topological polar surface area (TPSA) is 77.9 Å². The fraction of sp³-hybridized carbons (Fsp3) is 0.444. The number of aliphatic hydroxyl groups is 1. The third-order valence-corrected chi connectivity index (χ3v) is 7.20. The van der Waals surface area contributed by atoms with E-state index in [1.807, 2.05) is 37.3 Å². The number of Topliss-reactive ketones (excluding diaryl/α,β-unsaturated/α-hetero) is 1. The molecule has 1 saturated heterocycles. The number of likely N-dealkylation sites (tertiary alicyclic amines) is 1. The lowest BCUT2D eigenvalue weighted by Crippen LogP contribution is -2.54. The van der Waals surface area contributed by atoms with Gasteiger partial charge in [0.1, 0.15) is 6.10 Å². The van der Waals surface area contributed by atoms with E-state index < -0.39 is 23.4 Å². The number of nitrogens with zero attached hydrogens (tertiary/aromatic N) is 2. The standard InChI is InChI=1S/C27H31ClN2O4/c1-5-30-22-11-8-17(16-6-9-18(28)10-7-16)14-20(22)23(31)19-12-13-29(15-21(19)25(30)33)26(34)24(32)27(2,3)4/h6-11,14,19,21,24,32H,5,12-13,15H2,1-4H3/t19?,21?,24-/m1/s1. The SMILES string of the molecule is CCN1C(=O)C2CN(C(=O)[C@@H](O)C(C)(C)C)CCC2C(=O)c2cc(-c3ccc(Cl)cc3)ccc21. The predicted molar refractivity (Wildman–Crippen MR) is 133 cm³/mol. The summed E-state index contributed by atoms with van der Waals surface area (Å²) in [5, 5.41) is 11.1. The van der Waals surface area contributed by atoms with Crippen molar-refractivity contribution >= 4 is 34.9 Å². The van der Waals surface area contributed by atoms with Gasteiger partial charge in [-0.2, -0.15) is 0 Å². The van der Waals surface area contributed by atoms with Crippen molar-refractivity contribution in [3.05, 3.63) is 53.1 Å². The molecular weight excluding hydrogens is 452 g/mol. The first-order valence-electron chi connectivity index (χ1n) is 11.8. The van der Waals surface area contributed by atoms with Crippen LogP contribution in [0.1, 0.15) is 44.5 Å². The number of amides is 2. The highest BCUT2D eigenvalue weighted by molar-refractivity contribution is 6.30. The van der Waals surface area contributed by atoms with Gasteiger partial charge in [0.25, 0.3) is 5.91 Å². The third kappa shape index (κ3) is 4.37. The zero-order valence-corrected chi connectivity index (χ0v) is 20.8. The van der Waals surface area contributed by atoms with Crippen molar-refractivity contribution < 1.29 is 19.5 Å². The molecule has 34 heavy (non-hydrogen) atoms. The molecule has 4 rings (SSSR count). The zero-order valence-electron chi connectivity index (χ0n) is 20.0. The predicted octanol–water partition coefficient (Wildman–Crippen LogP) is 4.43. The van der Waals surface area contributed by atoms with E-state index in [2.05, 4.69) is 0 Å². The maximum absolute atomic E-state index is 13.7. The highest BCUT2D eigenvalue weighted by atomic mass is 35.5. The van der Waals surface area contributed by atoms with Gasteiger partial charge in [-0.15, -0.1) is 0 Å². The van der Waals surface area contributed by atoms with E-state index in [1.165, 1.54) is 0 Å². The normalized spacial score (nSPS) is 21.6. The van der Waals surface area contributed by atoms with Gasteiger partial charge in [-0.05, 0) is 54.2 Å². The Hall–Kier alpha value is -2.70. The van der Waals surface area contributed by atoms with Crippen molar-refractivity contribution in [3.63, 3.8) is 0 Å². The van der Waals surface area contributed by atoms with E-state index in [-0.39, 0.29) is 24.1 Å². The van der Waals surface area contributed by atoms with Crippen LogP contribution in [0, 0.1) is 17.3 Å². The fourth-order valence-corrected chi connectivity index (χ4v) is 5.02. The zero-order chi connectivity index (χ0) is 24.8. The molecule has 2 amide bonds. The van der Waals surface area contributed by atoms with Gasteiger partial charge >= 0.3 is 0 Å². The molecule has 6 nitrogen and oxygen atoms in total. The van der Waals surface area contributed by atoms with Crippen LogP contribution < -0.4 is 4.90 Å². The fourth-order valence-electron chi connectivity index (χ4n) is 4.90. The highest BCUT2D eigenvalue weighted by Crippen LogP contribution is 2.39. The van der Waals surface area contributed by atoms with Gasteiger partial charge in [-0.3, -0.25) is 14.4 Å². The molecule has 2 unspecified atom stereocenters. The maximum Gasteiger partial charge on any atom is 0.251 e. The molecule has 1 N–H and O–H groups in total. The molecule has 3 atom stereocenters. The van der Waals surface area contributed by atoms with Crippen LogP contribution in [0.25, 0.3) is 11.1 Å². The van der Waals surface area contributed by atoms with E-state index in [1.54, 1.807) is 42.7 Å². The van der Waals surface area contributed by atoms with Crippen molar-refractivity contribution in [2.75, 3.05) is 24.5 Å². The first-order valence-corrected chi connectivity index (χ1v) is 12.1. The minimum Gasteiger partial charge on any atom is -0.383 e. The molecule has 0 aliphatic carbocycles. The Morgan fingerprint density at radius 2 is 1.74 bits per heavy atom. The minimum absolute atomic E-state index is 0.0661. The average Bonchev–Trinajstić information content (AvgIpc) is 2.90. The Balaban J connectivity index is 1.69. The summed E-state index contributed by atoms with van der Waals surface area (Å²) in [7, 11) is 0. The smallest absolute Gasteiger partial charge is 0.251 e. The van der Waals surface area contributed by atoms with Crippen LogP contribution in [0.5, 0.6) is 0 Å². The second-order valence-electron chi connectivity index (χ2n) is 10.2. The second kappa shape index (κ2) is 9.16. The number of ketones is 1. The summed E-state index contributed by atoms with van der Waals surface area (Å²) in [5.74, 6) is -1.74. The largest absolute Gasteiger partial charge is 0.383 e. The highest BCUT2D eigenvalue weighted by Gasteiger charge is 2.46. The van der Waals surface area contributed by atoms with Crippen molar-refractivity contribution in [3.8, 4) is 11.1 Å². The number of halogens is 1. The number of hydrogen-bond acceptors (Lipinski definition) is 4. The van der Waals surface area contributed by atoms with Gasteiger partial charge in [0.2, 0.25) is 5.91 Å². The molecule has 2 aliphatic heterocycles. The third-order valence-electron chi connectivity index (χ3n) is 6.95. The number of anilines is 1. The number of benzene rings is 2. The summed E-state index contributed by atoms with van der Waals surface area (Å²) in [6.07, 6.45) is -0.776. The molecule has 180 valence electrons. The quantitative estimate of drug-likeness (QED) is 0.702. The Morgan fingerprint density at radius 3 is 2.35 bits per heavy atom. The number of carbonyl (C=O) groups excluding carboxylic acids is 3. The number of carbonyl (C=O) groups is 3. The van der Waals surface area contributed by atoms with Crippen LogP contribution in [0.2, 0.25) is 5.02 Å². The molecule has 7 heteroatoms. The van der Waals surface area contributed by atoms with Gasteiger partial charge in [0, 0.05) is 36.1 Å². The van der Waals surface area contributed by atoms with Crippen LogP contribution in [0.3, 0.4) is 0 Å². The van der Waals surface area contributed by atoms with Crippen LogP contribution in [0.15, 0.2) is 42.5 Å². The number of aliphatic hydroxyl groups excluding tert-OH is 1. The molecule has 2 aliphatic rings. The second-order valence-corrected chi connectivity index (χ2v) is 10.7. The van der Waals surface area contributed by atoms with Crippen LogP contribution in [0.4, 0.5) is 5.69 Å². The molecule has 0 spiro atoms. The van der Waals surface area contributed by atoms with Gasteiger partial charge in [-0.1, -0.05) is 50.6 Å². The Labute approximate surface area is 205 Å². The van der Waals surface area contributed by atoms with Gasteiger partial charge in [0.05, 0.1) is 11.6 Å². The van der Waals surface area contributed by atoms with Crippen molar-refractivity contribution in [2.45, 2.75) is 40.2 Å². The number of hydrogen-bond donors (Lipinski definition) is 1. The molecule has 2 aromatic rings.